The minimum atomic E-state index is -0.289. The monoisotopic (exact) mass is 289 g/mol. The first-order chi connectivity index (χ1) is 10.00. The number of halogens is 1. The Morgan fingerprint density at radius 3 is 2.90 bits per heavy atom. The first-order valence-corrected chi connectivity index (χ1v) is 7.61. The van der Waals surface area contributed by atoms with Crippen molar-refractivity contribution in [2.45, 2.75) is 39.7 Å². The second kappa shape index (κ2) is 7.06. The summed E-state index contributed by atoms with van der Waals surface area (Å²) in [5, 5.41) is 8.73. The molecule has 1 fully saturated rings. The Labute approximate surface area is 127 Å². The van der Waals surface area contributed by atoms with Crippen LogP contribution < -0.4 is 0 Å². The quantitative estimate of drug-likeness (QED) is 0.864. The van der Waals surface area contributed by atoms with E-state index in [1.54, 1.807) is 0 Å². The van der Waals surface area contributed by atoms with Crippen molar-refractivity contribution in [3.8, 4) is 11.8 Å². The van der Waals surface area contributed by atoms with Gasteiger partial charge < -0.3 is 5.11 Å². The summed E-state index contributed by atoms with van der Waals surface area (Å²) >= 11 is 0. The van der Waals surface area contributed by atoms with Crippen molar-refractivity contribution in [1.82, 2.24) is 4.90 Å². The lowest BCUT2D eigenvalue weighted by molar-refractivity contribution is 0.111. The lowest BCUT2D eigenvalue weighted by Crippen LogP contribution is -2.39. The second-order valence-corrected chi connectivity index (χ2v) is 6.57. The number of likely N-dealkylation sites (tertiary alicyclic amines) is 1. The van der Waals surface area contributed by atoms with Crippen LogP contribution in [0.3, 0.4) is 0 Å². The van der Waals surface area contributed by atoms with Gasteiger partial charge in [-0.05, 0) is 42.5 Å². The molecule has 0 saturated carbocycles. The maximum atomic E-state index is 13.7. The van der Waals surface area contributed by atoms with Gasteiger partial charge in [0.05, 0.1) is 12.2 Å². The summed E-state index contributed by atoms with van der Waals surface area (Å²) in [5.41, 5.74) is 1.89. The standard InChI is InChI=1S/C18H24FNO/c1-18(2)9-5-10-20(14-18)13-15-7-8-17(19)16(12-15)6-3-4-11-21/h7-8,12,21H,4-5,9-11,13-14H2,1-2H3. The molecule has 0 bridgehead atoms. The molecule has 1 N–H and O–H groups in total. The Balaban J connectivity index is 2.07. The number of rotatable bonds is 3. The molecular formula is C18H24FNO. The van der Waals surface area contributed by atoms with Crippen molar-refractivity contribution in [1.29, 1.82) is 0 Å². The van der Waals surface area contributed by atoms with E-state index in [-0.39, 0.29) is 12.4 Å². The summed E-state index contributed by atoms with van der Waals surface area (Å²) in [6.07, 6.45) is 2.87. The Bertz CT molecular complexity index is 542. The van der Waals surface area contributed by atoms with Gasteiger partial charge in [-0.25, -0.2) is 4.39 Å². The number of nitrogens with zero attached hydrogens (tertiary/aromatic N) is 1. The number of aliphatic hydroxyl groups excluding tert-OH is 1. The van der Waals surface area contributed by atoms with Crippen LogP contribution in [0, 0.1) is 23.1 Å². The molecule has 0 atom stereocenters. The molecule has 114 valence electrons. The van der Waals surface area contributed by atoms with Crippen LogP contribution >= 0.6 is 0 Å². The summed E-state index contributed by atoms with van der Waals surface area (Å²) in [6, 6.07) is 5.17. The van der Waals surface area contributed by atoms with E-state index < -0.39 is 0 Å². The fourth-order valence-corrected chi connectivity index (χ4v) is 2.92. The van der Waals surface area contributed by atoms with Crippen molar-refractivity contribution < 1.29 is 9.50 Å². The third-order valence-electron chi connectivity index (χ3n) is 3.88. The highest BCUT2D eigenvalue weighted by Crippen LogP contribution is 2.29. The minimum Gasteiger partial charge on any atom is -0.395 e. The third kappa shape index (κ3) is 4.84. The smallest absolute Gasteiger partial charge is 0.138 e. The van der Waals surface area contributed by atoms with Gasteiger partial charge in [0.15, 0.2) is 0 Å². The van der Waals surface area contributed by atoms with Gasteiger partial charge in [-0.2, -0.15) is 0 Å². The Hall–Kier alpha value is -1.37. The summed E-state index contributed by atoms with van der Waals surface area (Å²) < 4.78 is 13.7. The van der Waals surface area contributed by atoms with E-state index in [1.807, 2.05) is 12.1 Å². The van der Waals surface area contributed by atoms with Crippen LogP contribution in [0.4, 0.5) is 4.39 Å². The molecule has 1 aromatic rings. The van der Waals surface area contributed by atoms with Gasteiger partial charge in [0.2, 0.25) is 0 Å². The number of benzene rings is 1. The summed E-state index contributed by atoms with van der Waals surface area (Å²) in [4.78, 5) is 2.43. The molecule has 1 aliphatic heterocycles. The zero-order chi connectivity index (χ0) is 15.3. The van der Waals surface area contributed by atoms with Crippen LogP contribution in [-0.2, 0) is 6.54 Å². The zero-order valence-electron chi connectivity index (χ0n) is 13.0. The SMILES string of the molecule is CC1(C)CCCN(Cc2ccc(F)c(C#CCCO)c2)C1. The highest BCUT2D eigenvalue weighted by molar-refractivity contribution is 5.38. The maximum absolute atomic E-state index is 13.7. The summed E-state index contributed by atoms with van der Waals surface area (Å²) in [5.74, 6) is 5.30. The molecule has 1 heterocycles. The van der Waals surface area contributed by atoms with Crippen LogP contribution in [-0.4, -0.2) is 29.7 Å². The lowest BCUT2D eigenvalue weighted by atomic mass is 9.84. The predicted octanol–water partition coefficient (Wildman–Crippen LogP) is 3.18. The number of aliphatic hydroxyl groups is 1. The van der Waals surface area contributed by atoms with E-state index in [0.29, 0.717) is 17.4 Å². The molecule has 0 unspecified atom stereocenters. The minimum absolute atomic E-state index is 0.0111. The van der Waals surface area contributed by atoms with Gasteiger partial charge in [-0.15, -0.1) is 0 Å². The van der Waals surface area contributed by atoms with E-state index >= 15 is 0 Å². The van der Waals surface area contributed by atoms with Crippen LogP contribution in [0.2, 0.25) is 0 Å². The van der Waals surface area contributed by atoms with Crippen molar-refractivity contribution >= 4 is 0 Å². The van der Waals surface area contributed by atoms with Gasteiger partial charge in [-0.3, -0.25) is 4.90 Å². The van der Waals surface area contributed by atoms with Crippen molar-refractivity contribution in [2.24, 2.45) is 5.41 Å². The number of hydrogen-bond donors (Lipinski definition) is 1. The first kappa shape index (κ1) is 16.0. The predicted molar refractivity (Wildman–Crippen MR) is 83.3 cm³/mol. The third-order valence-corrected chi connectivity index (χ3v) is 3.88. The fraction of sp³-hybridized carbons (Fsp3) is 0.556. The molecule has 0 radical (unpaired) electrons. The molecule has 0 aliphatic carbocycles. The Morgan fingerprint density at radius 2 is 2.19 bits per heavy atom. The average Bonchev–Trinajstić information content (AvgIpc) is 2.41. The molecule has 2 nitrogen and oxygen atoms in total. The van der Waals surface area contributed by atoms with Gasteiger partial charge in [0.1, 0.15) is 5.82 Å². The van der Waals surface area contributed by atoms with Crippen LogP contribution in [0.1, 0.15) is 44.2 Å². The molecular weight excluding hydrogens is 265 g/mol. The highest BCUT2D eigenvalue weighted by atomic mass is 19.1. The number of hydrogen-bond acceptors (Lipinski definition) is 2. The van der Waals surface area contributed by atoms with Crippen LogP contribution in [0.15, 0.2) is 18.2 Å². The first-order valence-electron chi connectivity index (χ1n) is 7.61. The summed E-state index contributed by atoms with van der Waals surface area (Å²) in [6.45, 7) is 7.64. The molecule has 2 rings (SSSR count). The fourth-order valence-electron chi connectivity index (χ4n) is 2.92. The van der Waals surface area contributed by atoms with Gasteiger partial charge >= 0.3 is 0 Å². The Kier molecular flexibility index (Phi) is 5.39. The van der Waals surface area contributed by atoms with Gasteiger partial charge in [-0.1, -0.05) is 31.8 Å². The van der Waals surface area contributed by atoms with E-state index in [2.05, 4.69) is 30.6 Å². The molecule has 0 amide bonds. The highest BCUT2D eigenvalue weighted by Gasteiger charge is 2.26. The largest absolute Gasteiger partial charge is 0.395 e. The van der Waals surface area contributed by atoms with Crippen molar-refractivity contribution in [2.75, 3.05) is 19.7 Å². The van der Waals surface area contributed by atoms with Crippen molar-refractivity contribution in [3.05, 3.63) is 35.1 Å². The number of piperidine rings is 1. The topological polar surface area (TPSA) is 23.5 Å². The van der Waals surface area contributed by atoms with Gasteiger partial charge in [0.25, 0.3) is 0 Å². The Morgan fingerprint density at radius 1 is 1.38 bits per heavy atom. The molecule has 1 aliphatic rings. The van der Waals surface area contributed by atoms with E-state index in [9.17, 15) is 4.39 Å². The normalized spacial score (nSPS) is 18.1. The van der Waals surface area contributed by atoms with Crippen molar-refractivity contribution in [3.63, 3.8) is 0 Å². The van der Waals surface area contributed by atoms with E-state index in [4.69, 9.17) is 5.11 Å². The molecule has 1 aromatic carbocycles. The van der Waals surface area contributed by atoms with Gasteiger partial charge in [0, 0.05) is 19.5 Å². The zero-order valence-corrected chi connectivity index (χ0v) is 13.0. The average molecular weight is 289 g/mol. The van der Waals surface area contributed by atoms with Crippen LogP contribution in [0.5, 0.6) is 0 Å². The van der Waals surface area contributed by atoms with Crippen LogP contribution in [0.25, 0.3) is 0 Å². The maximum Gasteiger partial charge on any atom is 0.138 e. The summed E-state index contributed by atoms with van der Waals surface area (Å²) in [7, 11) is 0. The molecule has 0 aromatic heterocycles. The second-order valence-electron chi connectivity index (χ2n) is 6.57. The lowest BCUT2D eigenvalue weighted by Gasteiger charge is -2.38. The van der Waals surface area contributed by atoms with E-state index in [0.717, 1.165) is 25.2 Å². The molecule has 1 saturated heterocycles. The molecule has 3 heteroatoms. The molecule has 21 heavy (non-hydrogen) atoms. The molecule has 0 spiro atoms. The van der Waals surface area contributed by atoms with E-state index in [1.165, 1.54) is 18.9 Å².